The smallest absolute Gasteiger partial charge is 0.221 e. The normalized spacial score (nSPS) is 9.77. The van der Waals surface area contributed by atoms with Gasteiger partial charge in [0.25, 0.3) is 0 Å². The molecule has 1 amide bonds. The van der Waals surface area contributed by atoms with Crippen molar-refractivity contribution in [3.8, 4) is 0 Å². The van der Waals surface area contributed by atoms with Gasteiger partial charge in [0.2, 0.25) is 5.91 Å². The Bertz CT molecular complexity index is 323. The van der Waals surface area contributed by atoms with Gasteiger partial charge in [0.15, 0.2) is 0 Å². The molecule has 2 nitrogen and oxygen atoms in total. The van der Waals surface area contributed by atoms with Crippen LogP contribution < -0.4 is 5.32 Å². The molecule has 0 bridgehead atoms. The van der Waals surface area contributed by atoms with E-state index in [0.717, 1.165) is 10.1 Å². The summed E-state index contributed by atoms with van der Waals surface area (Å²) in [6.45, 7) is 3.57. The van der Waals surface area contributed by atoms with Gasteiger partial charge >= 0.3 is 0 Å². The highest BCUT2D eigenvalue weighted by atomic mass is 127. The van der Waals surface area contributed by atoms with Crippen LogP contribution in [-0.4, -0.2) is 5.91 Å². The zero-order valence-electron chi connectivity index (χ0n) is 7.73. The van der Waals surface area contributed by atoms with Crippen LogP contribution in [0.3, 0.4) is 0 Å². The Morgan fingerprint density at radius 1 is 1.54 bits per heavy atom. The first kappa shape index (κ1) is 10.5. The Balaban J connectivity index is 2.99. The fourth-order valence-corrected chi connectivity index (χ4v) is 1.78. The lowest BCUT2D eigenvalue weighted by atomic mass is 10.1. The zero-order valence-corrected chi connectivity index (χ0v) is 9.88. The molecule has 0 aromatic heterocycles. The number of carbonyl (C=O) groups is 1. The average molecular weight is 289 g/mol. The first-order valence-electron chi connectivity index (χ1n) is 4.06. The summed E-state index contributed by atoms with van der Waals surface area (Å²) in [4.78, 5) is 10.9. The van der Waals surface area contributed by atoms with Gasteiger partial charge in [-0.05, 0) is 18.6 Å². The molecule has 0 aliphatic carbocycles. The predicted octanol–water partition coefficient (Wildman–Crippen LogP) is 2.89. The monoisotopic (exact) mass is 289 g/mol. The Morgan fingerprint density at radius 3 is 2.77 bits per heavy atom. The molecule has 0 fully saturated rings. The number of carbonyl (C=O) groups excluding carboxylic acids is 1. The molecule has 1 N–H and O–H groups in total. The van der Waals surface area contributed by atoms with Crippen molar-refractivity contribution in [2.45, 2.75) is 18.3 Å². The fourth-order valence-electron chi connectivity index (χ4n) is 1.14. The molecule has 0 saturated carbocycles. The molecule has 1 rings (SSSR count). The lowest BCUT2D eigenvalue weighted by molar-refractivity contribution is -0.114. The van der Waals surface area contributed by atoms with E-state index >= 15 is 0 Å². The SMILES string of the molecule is CC(=O)Nc1ccc(C)cc1CI. The van der Waals surface area contributed by atoms with Gasteiger partial charge in [-0.1, -0.05) is 40.3 Å². The first-order chi connectivity index (χ1) is 6.13. The van der Waals surface area contributed by atoms with Crippen molar-refractivity contribution in [2.75, 3.05) is 5.32 Å². The topological polar surface area (TPSA) is 29.1 Å². The van der Waals surface area contributed by atoms with E-state index in [1.165, 1.54) is 18.1 Å². The molecular formula is C10H12INO. The third kappa shape index (κ3) is 2.99. The van der Waals surface area contributed by atoms with Crippen molar-refractivity contribution in [1.82, 2.24) is 0 Å². The minimum absolute atomic E-state index is 0.0186. The minimum atomic E-state index is -0.0186. The van der Waals surface area contributed by atoms with E-state index in [4.69, 9.17) is 0 Å². The number of benzene rings is 1. The number of amides is 1. The number of hydrogen-bond donors (Lipinski definition) is 1. The van der Waals surface area contributed by atoms with E-state index in [9.17, 15) is 4.79 Å². The number of nitrogens with one attached hydrogen (secondary N) is 1. The Labute approximate surface area is 91.9 Å². The van der Waals surface area contributed by atoms with Crippen LogP contribution in [0.2, 0.25) is 0 Å². The molecule has 1 aromatic rings. The molecule has 0 saturated heterocycles. The van der Waals surface area contributed by atoms with E-state index in [1.54, 1.807) is 0 Å². The van der Waals surface area contributed by atoms with Crippen molar-refractivity contribution in [3.05, 3.63) is 29.3 Å². The van der Waals surface area contributed by atoms with Gasteiger partial charge in [0, 0.05) is 17.0 Å². The number of anilines is 1. The van der Waals surface area contributed by atoms with Crippen LogP contribution in [-0.2, 0) is 9.22 Å². The standard InChI is InChI=1S/C10H12INO/c1-7-3-4-10(12-8(2)13)9(5-7)6-11/h3-5H,6H2,1-2H3,(H,12,13). The van der Waals surface area contributed by atoms with Crippen LogP contribution in [0.15, 0.2) is 18.2 Å². The number of halogens is 1. The lowest BCUT2D eigenvalue weighted by Gasteiger charge is -2.08. The zero-order chi connectivity index (χ0) is 9.84. The fraction of sp³-hybridized carbons (Fsp3) is 0.300. The minimum Gasteiger partial charge on any atom is -0.326 e. The molecule has 70 valence electrons. The largest absolute Gasteiger partial charge is 0.326 e. The maximum Gasteiger partial charge on any atom is 0.221 e. The second-order valence-electron chi connectivity index (χ2n) is 2.98. The van der Waals surface area contributed by atoms with Gasteiger partial charge < -0.3 is 5.32 Å². The van der Waals surface area contributed by atoms with Gasteiger partial charge in [-0.2, -0.15) is 0 Å². The van der Waals surface area contributed by atoms with Crippen molar-refractivity contribution in [2.24, 2.45) is 0 Å². The maximum atomic E-state index is 10.9. The van der Waals surface area contributed by atoms with Gasteiger partial charge in [-0.15, -0.1) is 0 Å². The molecule has 3 heteroatoms. The van der Waals surface area contributed by atoms with Crippen LogP contribution >= 0.6 is 22.6 Å². The number of aryl methyl sites for hydroxylation is 1. The highest BCUT2D eigenvalue weighted by Crippen LogP contribution is 2.19. The third-order valence-corrected chi connectivity index (χ3v) is 2.54. The summed E-state index contributed by atoms with van der Waals surface area (Å²) in [7, 11) is 0. The van der Waals surface area contributed by atoms with E-state index in [0.29, 0.717) is 0 Å². The summed E-state index contributed by atoms with van der Waals surface area (Å²) in [6.07, 6.45) is 0. The predicted molar refractivity (Wildman–Crippen MR) is 63.2 cm³/mol. The van der Waals surface area contributed by atoms with Gasteiger partial charge in [0.1, 0.15) is 0 Å². The Kier molecular flexibility index (Phi) is 3.71. The highest BCUT2D eigenvalue weighted by molar-refractivity contribution is 14.1. The lowest BCUT2D eigenvalue weighted by Crippen LogP contribution is -2.07. The molecule has 0 aliphatic rings. The summed E-state index contributed by atoms with van der Waals surface area (Å²) < 4.78 is 0.912. The number of alkyl halides is 1. The maximum absolute atomic E-state index is 10.9. The number of rotatable bonds is 2. The van der Waals surface area contributed by atoms with Gasteiger partial charge in [-0.3, -0.25) is 4.79 Å². The second-order valence-corrected chi connectivity index (χ2v) is 3.74. The summed E-state index contributed by atoms with van der Waals surface area (Å²) in [6, 6.07) is 6.05. The van der Waals surface area contributed by atoms with Crippen molar-refractivity contribution >= 4 is 34.2 Å². The van der Waals surface area contributed by atoms with E-state index in [1.807, 2.05) is 19.1 Å². The quantitative estimate of drug-likeness (QED) is 0.658. The molecule has 0 heterocycles. The summed E-state index contributed by atoms with van der Waals surface area (Å²) >= 11 is 2.29. The van der Waals surface area contributed by atoms with Crippen LogP contribution in [0, 0.1) is 6.92 Å². The Hall–Kier alpha value is -0.580. The van der Waals surface area contributed by atoms with Crippen LogP contribution in [0.5, 0.6) is 0 Å². The highest BCUT2D eigenvalue weighted by Gasteiger charge is 2.02. The molecule has 0 unspecified atom stereocenters. The molecule has 0 radical (unpaired) electrons. The molecule has 13 heavy (non-hydrogen) atoms. The van der Waals surface area contributed by atoms with E-state index in [-0.39, 0.29) is 5.91 Å². The summed E-state index contributed by atoms with van der Waals surface area (Å²) in [5.74, 6) is -0.0186. The average Bonchev–Trinajstić information content (AvgIpc) is 2.07. The van der Waals surface area contributed by atoms with Gasteiger partial charge in [-0.25, -0.2) is 0 Å². The first-order valence-corrected chi connectivity index (χ1v) is 5.59. The number of hydrogen-bond acceptors (Lipinski definition) is 1. The summed E-state index contributed by atoms with van der Waals surface area (Å²) in [5.41, 5.74) is 3.32. The van der Waals surface area contributed by atoms with E-state index < -0.39 is 0 Å². The summed E-state index contributed by atoms with van der Waals surface area (Å²) in [5, 5.41) is 2.81. The van der Waals surface area contributed by atoms with Gasteiger partial charge in [0.05, 0.1) is 0 Å². The Morgan fingerprint density at radius 2 is 2.23 bits per heavy atom. The molecule has 0 atom stereocenters. The second kappa shape index (κ2) is 4.60. The van der Waals surface area contributed by atoms with Crippen molar-refractivity contribution in [3.63, 3.8) is 0 Å². The molecule has 0 spiro atoms. The third-order valence-electron chi connectivity index (χ3n) is 1.72. The molecule has 0 aliphatic heterocycles. The van der Waals surface area contributed by atoms with Crippen molar-refractivity contribution in [1.29, 1.82) is 0 Å². The van der Waals surface area contributed by atoms with Crippen molar-refractivity contribution < 1.29 is 4.79 Å². The van der Waals surface area contributed by atoms with Crippen LogP contribution in [0.4, 0.5) is 5.69 Å². The van der Waals surface area contributed by atoms with E-state index in [2.05, 4.69) is 34.0 Å². The molecular weight excluding hydrogens is 277 g/mol. The molecule has 1 aromatic carbocycles. The van der Waals surface area contributed by atoms with Crippen LogP contribution in [0.25, 0.3) is 0 Å². The van der Waals surface area contributed by atoms with Crippen LogP contribution in [0.1, 0.15) is 18.1 Å².